The molecule has 0 atom stereocenters. The molecule has 2 aromatic carbocycles. The monoisotopic (exact) mass is 404 g/mol. The molecule has 0 aromatic heterocycles. The number of alkyl halides is 3. The third-order valence-electron chi connectivity index (χ3n) is 3.68. The Labute approximate surface area is 158 Å². The third kappa shape index (κ3) is 6.02. The van der Waals surface area contributed by atoms with Crippen molar-refractivity contribution in [2.75, 3.05) is 19.0 Å². The minimum absolute atomic E-state index is 0.0121. The Balaban J connectivity index is 1.90. The molecule has 2 rings (SSSR count). The Bertz CT molecular complexity index is 812. The number of carbonyl (C=O) groups excluding carboxylic acids is 1. The van der Waals surface area contributed by atoms with Crippen LogP contribution in [-0.2, 0) is 17.5 Å². The lowest BCUT2D eigenvalue weighted by atomic mass is 10.1. The Morgan fingerprint density at radius 3 is 2.59 bits per heavy atom. The van der Waals surface area contributed by atoms with Crippen LogP contribution in [0.1, 0.15) is 17.5 Å². The first-order valence-corrected chi connectivity index (χ1v) is 8.28. The van der Waals surface area contributed by atoms with Gasteiger partial charge in [-0.1, -0.05) is 17.7 Å². The smallest absolute Gasteiger partial charge is 0.416 e. The summed E-state index contributed by atoms with van der Waals surface area (Å²) in [6.45, 7) is -0.132. The van der Waals surface area contributed by atoms with Gasteiger partial charge in [-0.15, -0.1) is 0 Å². The molecule has 146 valence electrons. The number of ether oxygens (including phenoxy) is 1. The number of rotatable bonds is 7. The van der Waals surface area contributed by atoms with E-state index in [1.54, 1.807) is 18.2 Å². The molecule has 0 aliphatic rings. The van der Waals surface area contributed by atoms with Gasteiger partial charge >= 0.3 is 6.18 Å². The van der Waals surface area contributed by atoms with Gasteiger partial charge in [0.2, 0.25) is 5.91 Å². The highest BCUT2D eigenvalue weighted by Crippen LogP contribution is 2.32. The van der Waals surface area contributed by atoms with Crippen LogP contribution in [0.25, 0.3) is 0 Å². The number of amides is 1. The highest BCUT2D eigenvalue weighted by atomic mass is 35.5. The Hall–Kier alpha value is -2.48. The zero-order valence-electron chi connectivity index (χ0n) is 14.3. The summed E-state index contributed by atoms with van der Waals surface area (Å²) in [7, 11) is 1.49. The van der Waals surface area contributed by atoms with Crippen LogP contribution in [0.15, 0.2) is 36.4 Å². The van der Waals surface area contributed by atoms with Crippen LogP contribution in [0.4, 0.5) is 23.2 Å². The number of hydrogen-bond donors (Lipinski definition) is 2. The largest absolute Gasteiger partial charge is 0.495 e. The summed E-state index contributed by atoms with van der Waals surface area (Å²) >= 11 is 5.90. The zero-order valence-corrected chi connectivity index (χ0v) is 15.0. The molecule has 0 heterocycles. The number of anilines is 1. The van der Waals surface area contributed by atoms with E-state index in [4.69, 9.17) is 16.3 Å². The van der Waals surface area contributed by atoms with Gasteiger partial charge in [-0.3, -0.25) is 4.79 Å². The van der Waals surface area contributed by atoms with E-state index in [0.29, 0.717) is 22.5 Å². The molecule has 0 spiro atoms. The van der Waals surface area contributed by atoms with Gasteiger partial charge in [-0.05, 0) is 35.9 Å². The van der Waals surface area contributed by atoms with Gasteiger partial charge in [-0.2, -0.15) is 13.2 Å². The van der Waals surface area contributed by atoms with Crippen molar-refractivity contribution in [3.63, 3.8) is 0 Å². The quantitative estimate of drug-likeness (QED) is 0.662. The van der Waals surface area contributed by atoms with Gasteiger partial charge < -0.3 is 15.4 Å². The predicted octanol–water partition coefficient (Wildman–Crippen LogP) is 4.62. The topological polar surface area (TPSA) is 50.4 Å². The van der Waals surface area contributed by atoms with Crippen molar-refractivity contribution in [2.45, 2.75) is 19.1 Å². The molecule has 27 heavy (non-hydrogen) atoms. The average Bonchev–Trinajstić information content (AvgIpc) is 2.60. The van der Waals surface area contributed by atoms with Crippen molar-refractivity contribution in [3.05, 3.63) is 58.4 Å². The van der Waals surface area contributed by atoms with E-state index in [2.05, 4.69) is 10.6 Å². The normalized spacial score (nSPS) is 11.2. The minimum atomic E-state index is -4.70. The third-order valence-corrected chi connectivity index (χ3v) is 3.92. The van der Waals surface area contributed by atoms with E-state index < -0.39 is 23.5 Å². The van der Waals surface area contributed by atoms with Crippen molar-refractivity contribution in [1.29, 1.82) is 0 Å². The molecular weight excluding hydrogens is 388 g/mol. The maximum absolute atomic E-state index is 13.1. The first-order valence-electron chi connectivity index (χ1n) is 7.90. The van der Waals surface area contributed by atoms with Gasteiger partial charge in [-0.25, -0.2) is 4.39 Å². The second-order valence-electron chi connectivity index (χ2n) is 5.60. The maximum atomic E-state index is 13.1. The highest BCUT2D eigenvalue weighted by molar-refractivity contribution is 6.30. The summed E-state index contributed by atoms with van der Waals surface area (Å²) in [4.78, 5) is 11.9. The van der Waals surface area contributed by atoms with Crippen molar-refractivity contribution in [3.8, 4) is 5.75 Å². The molecule has 0 unspecified atom stereocenters. The van der Waals surface area contributed by atoms with E-state index in [0.717, 1.165) is 12.1 Å². The Morgan fingerprint density at radius 2 is 1.93 bits per heavy atom. The molecule has 0 aliphatic heterocycles. The molecule has 2 N–H and O–H groups in total. The van der Waals surface area contributed by atoms with Crippen LogP contribution in [0, 0.1) is 5.82 Å². The maximum Gasteiger partial charge on any atom is 0.416 e. The lowest BCUT2D eigenvalue weighted by molar-refractivity contribution is -0.138. The second kappa shape index (κ2) is 8.94. The van der Waals surface area contributed by atoms with Crippen molar-refractivity contribution < 1.29 is 27.1 Å². The van der Waals surface area contributed by atoms with Crippen molar-refractivity contribution >= 4 is 23.2 Å². The van der Waals surface area contributed by atoms with Crippen LogP contribution in [0.5, 0.6) is 5.75 Å². The van der Waals surface area contributed by atoms with E-state index in [-0.39, 0.29) is 25.1 Å². The van der Waals surface area contributed by atoms with Crippen molar-refractivity contribution in [1.82, 2.24) is 5.32 Å². The Morgan fingerprint density at radius 1 is 1.19 bits per heavy atom. The molecule has 0 aliphatic carbocycles. The molecule has 9 heteroatoms. The zero-order chi connectivity index (χ0) is 20.0. The van der Waals surface area contributed by atoms with Gasteiger partial charge in [0.25, 0.3) is 0 Å². The van der Waals surface area contributed by atoms with E-state index in [1.807, 2.05) is 0 Å². The molecule has 1 amide bonds. The summed E-state index contributed by atoms with van der Waals surface area (Å²) in [5, 5.41) is 5.86. The molecule has 0 fully saturated rings. The van der Waals surface area contributed by atoms with Crippen LogP contribution in [-0.4, -0.2) is 19.6 Å². The molecule has 0 radical (unpaired) electrons. The van der Waals surface area contributed by atoms with Crippen LogP contribution >= 0.6 is 11.6 Å². The standard InChI is InChI=1S/C18H17ClF4N2O2/c1-27-16-5-3-12(19)8-15(16)24-7-6-17(26)25-10-11-2-4-13(20)9-14(11)18(21,22)23/h2-5,8-9,24H,6-7,10H2,1H3,(H,25,26). The molecule has 0 bridgehead atoms. The number of halogens is 5. The molecule has 2 aromatic rings. The van der Waals surface area contributed by atoms with Crippen LogP contribution in [0.3, 0.4) is 0 Å². The molecular formula is C18H17ClF4N2O2. The van der Waals surface area contributed by atoms with Gasteiger partial charge in [0.1, 0.15) is 11.6 Å². The lowest BCUT2D eigenvalue weighted by Crippen LogP contribution is -2.26. The fourth-order valence-electron chi connectivity index (χ4n) is 2.38. The minimum Gasteiger partial charge on any atom is -0.495 e. The number of nitrogens with one attached hydrogen (secondary N) is 2. The Kier molecular flexibility index (Phi) is 6.90. The van der Waals surface area contributed by atoms with E-state index in [1.165, 1.54) is 7.11 Å². The fraction of sp³-hybridized carbons (Fsp3) is 0.278. The van der Waals surface area contributed by atoms with E-state index >= 15 is 0 Å². The summed E-state index contributed by atoms with van der Waals surface area (Å²) in [5.41, 5.74) is -0.720. The summed E-state index contributed by atoms with van der Waals surface area (Å²) in [5.74, 6) is -0.904. The van der Waals surface area contributed by atoms with Gasteiger partial charge in [0.05, 0.1) is 18.4 Å². The molecule has 0 saturated carbocycles. The summed E-state index contributed by atoms with van der Waals surface area (Å²) in [6, 6.07) is 7.29. The number of hydrogen-bond acceptors (Lipinski definition) is 3. The second-order valence-corrected chi connectivity index (χ2v) is 6.03. The van der Waals surface area contributed by atoms with Gasteiger partial charge in [0, 0.05) is 24.5 Å². The van der Waals surface area contributed by atoms with Crippen LogP contribution in [0.2, 0.25) is 5.02 Å². The number of benzene rings is 2. The average molecular weight is 405 g/mol. The van der Waals surface area contributed by atoms with Gasteiger partial charge in [0.15, 0.2) is 0 Å². The summed E-state index contributed by atoms with van der Waals surface area (Å²) < 4.78 is 57.0. The first kappa shape index (κ1) is 20.8. The van der Waals surface area contributed by atoms with Crippen molar-refractivity contribution in [2.24, 2.45) is 0 Å². The highest BCUT2D eigenvalue weighted by Gasteiger charge is 2.33. The first-order chi connectivity index (χ1) is 12.7. The number of carbonyl (C=O) groups is 1. The molecule has 0 saturated heterocycles. The van der Waals surface area contributed by atoms with Crippen LogP contribution < -0.4 is 15.4 Å². The SMILES string of the molecule is COc1ccc(Cl)cc1NCCC(=O)NCc1ccc(F)cc1C(F)(F)F. The van der Waals surface area contributed by atoms with E-state index in [9.17, 15) is 22.4 Å². The number of methoxy groups -OCH3 is 1. The fourth-order valence-corrected chi connectivity index (χ4v) is 2.55. The summed E-state index contributed by atoms with van der Waals surface area (Å²) in [6.07, 6.45) is -4.69. The molecule has 4 nitrogen and oxygen atoms in total. The predicted molar refractivity (Wildman–Crippen MR) is 94.4 cm³/mol. The lowest BCUT2D eigenvalue weighted by Gasteiger charge is -2.14.